The minimum atomic E-state index is 0.0508. The summed E-state index contributed by atoms with van der Waals surface area (Å²) in [5.74, 6) is 2.42. The molecule has 5 heteroatoms. The molecule has 0 aliphatic heterocycles. The van der Waals surface area contributed by atoms with Gasteiger partial charge in [0.15, 0.2) is 0 Å². The van der Waals surface area contributed by atoms with E-state index < -0.39 is 0 Å². The quantitative estimate of drug-likeness (QED) is 0.232. The van der Waals surface area contributed by atoms with E-state index in [1.165, 1.54) is 25.7 Å². The van der Waals surface area contributed by atoms with E-state index >= 15 is 0 Å². The first-order chi connectivity index (χ1) is 16.2. The Balaban J connectivity index is 1.63. The number of hydrogen-bond donors (Lipinski definition) is 0. The Morgan fingerprint density at radius 2 is 1.91 bits per heavy atom. The van der Waals surface area contributed by atoms with E-state index in [0.717, 1.165) is 39.4 Å². The molecule has 0 saturated carbocycles. The number of thiophene rings is 2. The van der Waals surface area contributed by atoms with Crippen molar-refractivity contribution in [3.8, 4) is 17.0 Å². The SMILES string of the molecule is C/C(=C\CC(C)C)Oc1ccc2c(c1)sc1ncnc(-c3cc(C(C)(C)C)c4sccc4c3)c12. The van der Waals surface area contributed by atoms with Gasteiger partial charge in [-0.2, -0.15) is 0 Å². The van der Waals surface area contributed by atoms with Crippen LogP contribution in [0.1, 0.15) is 53.5 Å². The van der Waals surface area contributed by atoms with Crippen LogP contribution >= 0.6 is 22.7 Å². The van der Waals surface area contributed by atoms with Crippen molar-refractivity contribution < 1.29 is 4.74 Å². The maximum absolute atomic E-state index is 6.11. The molecule has 174 valence electrons. The van der Waals surface area contributed by atoms with Crippen LogP contribution in [0.15, 0.2) is 59.9 Å². The van der Waals surface area contributed by atoms with Gasteiger partial charge in [-0.05, 0) is 83.5 Å². The van der Waals surface area contributed by atoms with E-state index in [4.69, 9.17) is 9.72 Å². The molecule has 0 radical (unpaired) electrons. The van der Waals surface area contributed by atoms with Crippen LogP contribution in [-0.2, 0) is 5.41 Å². The van der Waals surface area contributed by atoms with Crippen LogP contribution in [0.3, 0.4) is 0 Å². The standard InChI is InChI=1S/C29H30N2OS2/c1-17(2)7-8-18(3)32-21-9-10-22-24(15-21)34-28-25(22)26(30-16-31-28)20-13-19-11-12-33-27(19)23(14-20)29(4,5)6/h8-17H,7H2,1-6H3/b18-8+. The number of ether oxygens (including phenoxy) is 1. The van der Waals surface area contributed by atoms with Crippen LogP contribution in [0, 0.1) is 5.92 Å². The molecule has 0 atom stereocenters. The Morgan fingerprint density at radius 1 is 1.09 bits per heavy atom. The van der Waals surface area contributed by atoms with Gasteiger partial charge < -0.3 is 4.74 Å². The predicted molar refractivity (Wildman–Crippen MR) is 148 cm³/mol. The van der Waals surface area contributed by atoms with Crippen molar-refractivity contribution in [1.82, 2.24) is 9.97 Å². The van der Waals surface area contributed by atoms with Crippen molar-refractivity contribution in [2.45, 2.75) is 53.4 Å². The van der Waals surface area contributed by atoms with Gasteiger partial charge >= 0.3 is 0 Å². The van der Waals surface area contributed by atoms with E-state index in [1.54, 1.807) is 17.7 Å². The summed E-state index contributed by atoms with van der Waals surface area (Å²) in [6.45, 7) is 13.3. The third-order valence-corrected chi connectivity index (χ3v) is 8.05. The largest absolute Gasteiger partial charge is 0.462 e. The van der Waals surface area contributed by atoms with Gasteiger partial charge in [-0.3, -0.25) is 0 Å². The van der Waals surface area contributed by atoms with Crippen molar-refractivity contribution in [2.75, 3.05) is 0 Å². The van der Waals surface area contributed by atoms with Crippen molar-refractivity contribution in [3.63, 3.8) is 0 Å². The second-order valence-electron chi connectivity index (χ2n) is 10.3. The highest BCUT2D eigenvalue weighted by Crippen LogP contribution is 2.42. The van der Waals surface area contributed by atoms with Gasteiger partial charge in [-0.15, -0.1) is 22.7 Å². The lowest BCUT2D eigenvalue weighted by atomic mass is 9.85. The minimum Gasteiger partial charge on any atom is -0.462 e. The zero-order valence-electron chi connectivity index (χ0n) is 20.6. The van der Waals surface area contributed by atoms with E-state index in [-0.39, 0.29) is 5.41 Å². The molecule has 0 bridgehead atoms. The van der Waals surface area contributed by atoms with Crippen LogP contribution in [-0.4, -0.2) is 9.97 Å². The summed E-state index contributed by atoms with van der Waals surface area (Å²) in [7, 11) is 0. The first kappa shape index (κ1) is 23.0. The van der Waals surface area contributed by atoms with Crippen LogP contribution in [0.4, 0.5) is 0 Å². The highest BCUT2D eigenvalue weighted by atomic mass is 32.1. The van der Waals surface area contributed by atoms with Crippen molar-refractivity contribution in [1.29, 1.82) is 0 Å². The Labute approximate surface area is 209 Å². The molecule has 3 aromatic heterocycles. The maximum Gasteiger partial charge on any atom is 0.128 e. The molecule has 34 heavy (non-hydrogen) atoms. The predicted octanol–water partition coefficient (Wildman–Crippen LogP) is 9.35. The lowest BCUT2D eigenvalue weighted by Crippen LogP contribution is -2.11. The average molecular weight is 487 g/mol. The Hall–Kier alpha value is -2.76. The summed E-state index contributed by atoms with van der Waals surface area (Å²) in [4.78, 5) is 10.4. The lowest BCUT2D eigenvalue weighted by Gasteiger charge is -2.21. The molecule has 0 spiro atoms. The molecule has 0 N–H and O–H groups in total. The monoisotopic (exact) mass is 486 g/mol. The minimum absolute atomic E-state index is 0.0508. The fourth-order valence-electron chi connectivity index (χ4n) is 4.27. The average Bonchev–Trinajstić information content (AvgIpc) is 3.40. The second kappa shape index (κ2) is 8.79. The molecule has 0 amide bonds. The fourth-order valence-corrected chi connectivity index (χ4v) is 6.45. The number of fused-ring (bicyclic) bond motifs is 4. The van der Waals surface area contributed by atoms with Gasteiger partial charge in [0, 0.05) is 25.7 Å². The van der Waals surface area contributed by atoms with Gasteiger partial charge in [0.1, 0.15) is 16.9 Å². The van der Waals surface area contributed by atoms with Gasteiger partial charge in [0.2, 0.25) is 0 Å². The first-order valence-electron chi connectivity index (χ1n) is 11.7. The zero-order chi connectivity index (χ0) is 24.0. The molecule has 3 heterocycles. The summed E-state index contributed by atoms with van der Waals surface area (Å²) in [5.41, 5.74) is 3.56. The molecular weight excluding hydrogens is 456 g/mol. The van der Waals surface area contributed by atoms with E-state index in [1.807, 2.05) is 18.3 Å². The smallest absolute Gasteiger partial charge is 0.128 e. The zero-order valence-corrected chi connectivity index (χ0v) is 22.2. The number of nitrogens with zero attached hydrogens (tertiary/aromatic N) is 2. The summed E-state index contributed by atoms with van der Waals surface area (Å²) in [5, 5.41) is 5.75. The second-order valence-corrected chi connectivity index (χ2v) is 12.3. The molecule has 0 saturated heterocycles. The molecule has 5 aromatic rings. The highest BCUT2D eigenvalue weighted by molar-refractivity contribution is 7.25. The molecule has 0 aliphatic rings. The maximum atomic E-state index is 6.11. The summed E-state index contributed by atoms with van der Waals surface area (Å²) in [6.07, 6.45) is 4.87. The van der Waals surface area contributed by atoms with Crippen molar-refractivity contribution in [2.24, 2.45) is 5.92 Å². The molecule has 0 unspecified atom stereocenters. The van der Waals surface area contributed by atoms with Crippen LogP contribution < -0.4 is 4.74 Å². The van der Waals surface area contributed by atoms with E-state index in [9.17, 15) is 0 Å². The molecule has 5 rings (SSSR count). The number of rotatable bonds is 5. The summed E-state index contributed by atoms with van der Waals surface area (Å²) < 4.78 is 8.64. The molecule has 0 fully saturated rings. The Morgan fingerprint density at radius 3 is 2.68 bits per heavy atom. The van der Waals surface area contributed by atoms with E-state index in [2.05, 4.69) is 87.5 Å². The third kappa shape index (κ3) is 4.35. The number of hydrogen-bond acceptors (Lipinski definition) is 5. The van der Waals surface area contributed by atoms with E-state index in [0.29, 0.717) is 5.92 Å². The van der Waals surface area contributed by atoms with Crippen molar-refractivity contribution >= 4 is 53.1 Å². The van der Waals surface area contributed by atoms with Gasteiger partial charge in [0.05, 0.1) is 11.5 Å². The third-order valence-electron chi connectivity index (χ3n) is 6.03. The molecule has 0 aliphatic carbocycles. The van der Waals surface area contributed by atoms with Crippen LogP contribution in [0.5, 0.6) is 5.75 Å². The molecule has 2 aromatic carbocycles. The normalized spacial score (nSPS) is 13.0. The van der Waals surface area contributed by atoms with Crippen molar-refractivity contribution in [3.05, 3.63) is 65.5 Å². The van der Waals surface area contributed by atoms with Crippen LogP contribution in [0.2, 0.25) is 0 Å². The summed E-state index contributed by atoms with van der Waals surface area (Å²) >= 11 is 3.51. The first-order valence-corrected chi connectivity index (χ1v) is 13.4. The Kier molecular flexibility index (Phi) is 5.95. The number of benzene rings is 2. The summed E-state index contributed by atoms with van der Waals surface area (Å²) in [6, 6.07) is 13.1. The van der Waals surface area contributed by atoms with Gasteiger partial charge in [0.25, 0.3) is 0 Å². The highest BCUT2D eigenvalue weighted by Gasteiger charge is 2.21. The van der Waals surface area contributed by atoms with Gasteiger partial charge in [-0.1, -0.05) is 34.6 Å². The topological polar surface area (TPSA) is 35.0 Å². The number of allylic oxidation sites excluding steroid dienone is 2. The molecule has 3 nitrogen and oxygen atoms in total. The molecular formula is C29H30N2OS2. The lowest BCUT2D eigenvalue weighted by molar-refractivity contribution is 0.423. The Bertz CT molecular complexity index is 1530. The van der Waals surface area contributed by atoms with Crippen LogP contribution in [0.25, 0.3) is 41.6 Å². The number of aromatic nitrogens is 2. The fraction of sp³-hybridized carbons (Fsp3) is 0.310. The van der Waals surface area contributed by atoms with Gasteiger partial charge in [-0.25, -0.2) is 9.97 Å².